The Morgan fingerprint density at radius 3 is 1.73 bits per heavy atom. The first-order valence-corrected chi connectivity index (χ1v) is 20.4. The maximum absolute atomic E-state index is 8.91. The van der Waals surface area contributed by atoms with Gasteiger partial charge in [-0.15, -0.1) is 0 Å². The topological polar surface area (TPSA) is 73.2 Å². The predicted molar refractivity (Wildman–Crippen MR) is 203 cm³/mol. The lowest BCUT2D eigenvalue weighted by Gasteiger charge is -2.36. The zero-order chi connectivity index (χ0) is 34.6. The third-order valence-corrected chi connectivity index (χ3v) is 12.3. The van der Waals surface area contributed by atoms with Crippen molar-refractivity contribution in [3.63, 3.8) is 0 Å². The smallest absolute Gasteiger partial charge is 0.259 e. The van der Waals surface area contributed by atoms with Crippen LogP contribution in [-0.2, 0) is 19.4 Å². The van der Waals surface area contributed by atoms with Gasteiger partial charge in [0.05, 0.1) is 46.5 Å². The second kappa shape index (κ2) is 22.4. The molecule has 0 saturated carbocycles. The SMILES string of the molecule is COc1ccc(C(OCCSSCCCCCCOP(OCCC#N)N(C(C)C)C(C)C)(c2ccccc2)c2ccc(OC)cc2)cc1. The van der Waals surface area contributed by atoms with Gasteiger partial charge in [0.25, 0.3) is 8.53 Å². The highest BCUT2D eigenvalue weighted by molar-refractivity contribution is 8.76. The van der Waals surface area contributed by atoms with Gasteiger partial charge in [0.1, 0.15) is 17.1 Å². The van der Waals surface area contributed by atoms with Crippen LogP contribution in [0.25, 0.3) is 0 Å². The summed E-state index contributed by atoms with van der Waals surface area (Å²) in [6, 6.07) is 29.6. The maximum Gasteiger partial charge on any atom is 0.259 e. The van der Waals surface area contributed by atoms with Crippen molar-refractivity contribution in [2.24, 2.45) is 0 Å². The monoisotopic (exact) mass is 712 g/mol. The van der Waals surface area contributed by atoms with Crippen LogP contribution in [0.4, 0.5) is 0 Å². The lowest BCUT2D eigenvalue weighted by atomic mass is 9.80. The zero-order valence-electron chi connectivity index (χ0n) is 29.4. The third-order valence-electron chi connectivity index (χ3n) is 7.73. The molecule has 262 valence electrons. The summed E-state index contributed by atoms with van der Waals surface area (Å²) < 4.78 is 32.4. The average molecular weight is 713 g/mol. The normalized spacial score (nSPS) is 12.4. The molecule has 10 heteroatoms. The van der Waals surface area contributed by atoms with Crippen molar-refractivity contribution < 1.29 is 23.3 Å². The Balaban J connectivity index is 1.49. The number of methoxy groups -OCH3 is 2. The quantitative estimate of drug-likeness (QED) is 0.0390. The average Bonchev–Trinajstić information content (AvgIpc) is 3.10. The number of benzene rings is 3. The molecule has 3 rings (SSSR count). The molecule has 0 bridgehead atoms. The van der Waals surface area contributed by atoms with E-state index < -0.39 is 14.1 Å². The Bertz CT molecular complexity index is 1270. The van der Waals surface area contributed by atoms with Crippen LogP contribution in [0.2, 0.25) is 0 Å². The Morgan fingerprint density at radius 1 is 0.667 bits per heavy atom. The molecule has 0 N–H and O–H groups in total. The Hall–Kier alpha value is -2.28. The van der Waals surface area contributed by atoms with Gasteiger partial charge in [-0.3, -0.25) is 0 Å². The highest BCUT2D eigenvalue weighted by Gasteiger charge is 2.37. The van der Waals surface area contributed by atoms with Crippen molar-refractivity contribution in [2.75, 3.05) is 45.5 Å². The van der Waals surface area contributed by atoms with Crippen LogP contribution in [0.5, 0.6) is 11.5 Å². The lowest BCUT2D eigenvalue weighted by Crippen LogP contribution is -2.33. The Morgan fingerprint density at radius 2 is 1.19 bits per heavy atom. The number of unbranched alkanes of at least 4 members (excludes halogenated alkanes) is 3. The number of hydrogen-bond acceptors (Lipinski definition) is 9. The maximum atomic E-state index is 8.91. The summed E-state index contributed by atoms with van der Waals surface area (Å²) in [6.07, 6.45) is 4.86. The fraction of sp³-hybridized carbons (Fsp3) is 0.500. The standard InChI is InChI=1S/C38H53N2O5PS2/c1-31(2)40(32(3)4)46(45-27-14-25-39)44-26-12-7-8-13-29-47-48-30-28-43-38(33-15-10-9-11-16-33,34-17-21-36(41-5)22-18-34)35-19-23-37(42-6)24-20-35/h9-11,15-24,31-32H,7-8,12-14,26-30H2,1-6H3. The van der Waals surface area contributed by atoms with Gasteiger partial charge in [0.2, 0.25) is 0 Å². The first kappa shape index (κ1) is 40.2. The molecule has 1 unspecified atom stereocenters. The predicted octanol–water partition coefficient (Wildman–Crippen LogP) is 10.2. The largest absolute Gasteiger partial charge is 0.497 e. The molecule has 0 saturated heterocycles. The summed E-state index contributed by atoms with van der Waals surface area (Å²) in [5, 5.41) is 8.91. The van der Waals surface area contributed by atoms with Gasteiger partial charge in [-0.1, -0.05) is 89.0 Å². The van der Waals surface area contributed by atoms with Gasteiger partial charge < -0.3 is 23.3 Å². The van der Waals surface area contributed by atoms with Gasteiger partial charge in [-0.05, 0) is 81.5 Å². The van der Waals surface area contributed by atoms with Crippen molar-refractivity contribution in [3.05, 3.63) is 95.6 Å². The van der Waals surface area contributed by atoms with E-state index in [1.54, 1.807) is 14.2 Å². The minimum Gasteiger partial charge on any atom is -0.497 e. The molecule has 48 heavy (non-hydrogen) atoms. The highest BCUT2D eigenvalue weighted by atomic mass is 33.1. The number of hydrogen-bond donors (Lipinski definition) is 0. The van der Waals surface area contributed by atoms with Gasteiger partial charge in [-0.25, -0.2) is 4.67 Å². The van der Waals surface area contributed by atoms with E-state index in [4.69, 9.17) is 28.5 Å². The minimum atomic E-state index is -1.16. The molecule has 0 aromatic heterocycles. The van der Waals surface area contributed by atoms with Crippen LogP contribution in [0.1, 0.15) is 76.5 Å². The van der Waals surface area contributed by atoms with Crippen molar-refractivity contribution in [3.8, 4) is 17.6 Å². The molecule has 0 amide bonds. The lowest BCUT2D eigenvalue weighted by molar-refractivity contribution is 0.0233. The third kappa shape index (κ3) is 12.2. The van der Waals surface area contributed by atoms with Crippen LogP contribution in [0.3, 0.4) is 0 Å². The molecule has 0 spiro atoms. The van der Waals surface area contributed by atoms with Crippen LogP contribution in [0, 0.1) is 11.3 Å². The molecule has 0 fully saturated rings. The summed E-state index contributed by atoms with van der Waals surface area (Å²) in [4.78, 5) is 0. The molecular weight excluding hydrogens is 660 g/mol. The molecule has 0 radical (unpaired) electrons. The first-order chi connectivity index (χ1) is 23.4. The minimum absolute atomic E-state index is 0.317. The number of ether oxygens (including phenoxy) is 3. The molecule has 3 aromatic carbocycles. The summed E-state index contributed by atoms with van der Waals surface area (Å²) in [7, 11) is 5.99. The van der Waals surface area contributed by atoms with E-state index >= 15 is 0 Å². The van der Waals surface area contributed by atoms with Gasteiger partial charge in [0, 0.05) is 23.6 Å². The Kier molecular flexibility index (Phi) is 18.8. The van der Waals surface area contributed by atoms with Crippen molar-refractivity contribution in [1.82, 2.24) is 4.67 Å². The van der Waals surface area contributed by atoms with E-state index in [9.17, 15) is 0 Å². The number of nitriles is 1. The molecule has 1 atom stereocenters. The van der Waals surface area contributed by atoms with E-state index in [-0.39, 0.29) is 0 Å². The fourth-order valence-electron chi connectivity index (χ4n) is 5.49. The highest BCUT2D eigenvalue weighted by Crippen LogP contribution is 2.46. The van der Waals surface area contributed by atoms with Crippen LogP contribution in [0.15, 0.2) is 78.9 Å². The molecular formula is C38H53N2O5PS2. The Labute approximate surface area is 298 Å². The fourth-order valence-corrected chi connectivity index (χ4v) is 9.10. The molecule has 0 heterocycles. The summed E-state index contributed by atoms with van der Waals surface area (Å²) >= 11 is 0. The van der Waals surface area contributed by atoms with E-state index in [1.807, 2.05) is 51.9 Å². The zero-order valence-corrected chi connectivity index (χ0v) is 32.0. The van der Waals surface area contributed by atoms with E-state index in [0.29, 0.717) is 38.3 Å². The van der Waals surface area contributed by atoms with Crippen LogP contribution < -0.4 is 9.47 Å². The second-order valence-corrected chi connectivity index (χ2v) is 15.9. The van der Waals surface area contributed by atoms with E-state index in [2.05, 4.69) is 87.0 Å². The van der Waals surface area contributed by atoms with E-state index in [1.165, 1.54) is 12.8 Å². The van der Waals surface area contributed by atoms with E-state index in [0.717, 1.165) is 52.5 Å². The first-order valence-electron chi connectivity index (χ1n) is 16.8. The van der Waals surface area contributed by atoms with Crippen molar-refractivity contribution >= 4 is 30.1 Å². The van der Waals surface area contributed by atoms with Crippen molar-refractivity contribution in [1.29, 1.82) is 5.26 Å². The molecule has 0 aliphatic carbocycles. The number of rotatable bonds is 24. The molecule has 0 aliphatic heterocycles. The second-order valence-electron chi connectivity index (χ2n) is 11.8. The van der Waals surface area contributed by atoms with Crippen LogP contribution in [-0.4, -0.2) is 62.3 Å². The van der Waals surface area contributed by atoms with Crippen molar-refractivity contribution in [2.45, 2.75) is 77.5 Å². The van der Waals surface area contributed by atoms with Gasteiger partial charge >= 0.3 is 0 Å². The van der Waals surface area contributed by atoms with Crippen LogP contribution >= 0.6 is 30.1 Å². The molecule has 0 aliphatic rings. The summed E-state index contributed by atoms with van der Waals surface area (Å²) in [6.45, 7) is 10.3. The van der Waals surface area contributed by atoms with Gasteiger partial charge in [0.15, 0.2) is 0 Å². The molecule has 3 aromatic rings. The van der Waals surface area contributed by atoms with Gasteiger partial charge in [-0.2, -0.15) is 5.26 Å². The number of nitrogens with zero attached hydrogens (tertiary/aromatic N) is 2. The molecule has 7 nitrogen and oxygen atoms in total. The summed E-state index contributed by atoms with van der Waals surface area (Å²) in [5.74, 6) is 3.59. The summed E-state index contributed by atoms with van der Waals surface area (Å²) in [5.41, 5.74) is 2.38.